The van der Waals surface area contributed by atoms with E-state index in [1.54, 1.807) is 24.3 Å². The highest BCUT2D eigenvalue weighted by atomic mass is 16.5. The number of benzene rings is 1. The number of nitrogens with one attached hydrogen (secondary N) is 2. The normalized spacial score (nSPS) is 25.0. The summed E-state index contributed by atoms with van der Waals surface area (Å²) in [5, 5.41) is 23.9. The number of nitrogens with zero attached hydrogens (tertiary/aromatic N) is 3. The van der Waals surface area contributed by atoms with Crippen LogP contribution < -0.4 is 15.4 Å². The van der Waals surface area contributed by atoms with Gasteiger partial charge in [0.2, 0.25) is 0 Å². The molecule has 1 aromatic carbocycles. The highest BCUT2D eigenvalue weighted by Gasteiger charge is 2.45. The Balaban J connectivity index is 1.30. The van der Waals surface area contributed by atoms with Gasteiger partial charge in [0.25, 0.3) is 0 Å². The van der Waals surface area contributed by atoms with Gasteiger partial charge in [-0.3, -0.25) is 0 Å². The van der Waals surface area contributed by atoms with E-state index in [1.165, 1.54) is 12.8 Å². The standard InChI is InChI=1S/C24H33N5O4/c1-28(23(30)26-11-17-2-3-17)22-18-6-7-19(22)13-29(12-18)14-20(27-24(31)32)15-33-21-8-4-16(10-25)5-9-21/h4-5,8-9,17-20,22,27H,2-3,6-7,11-15H2,1H3,(H,26,30)(H,31,32)/t18?,19?,20-,22?/m0/s1. The van der Waals surface area contributed by atoms with Crippen LogP contribution in [0.5, 0.6) is 5.75 Å². The Morgan fingerprint density at radius 3 is 2.45 bits per heavy atom. The van der Waals surface area contributed by atoms with Crippen molar-refractivity contribution in [3.63, 3.8) is 0 Å². The van der Waals surface area contributed by atoms with Gasteiger partial charge < -0.3 is 30.3 Å². The van der Waals surface area contributed by atoms with Gasteiger partial charge in [-0.05, 0) is 67.7 Å². The van der Waals surface area contributed by atoms with Crippen LogP contribution in [0.3, 0.4) is 0 Å². The van der Waals surface area contributed by atoms with E-state index in [-0.39, 0.29) is 24.7 Å². The van der Waals surface area contributed by atoms with E-state index in [0.717, 1.165) is 32.5 Å². The summed E-state index contributed by atoms with van der Waals surface area (Å²) in [6, 6.07) is 8.73. The van der Waals surface area contributed by atoms with E-state index in [2.05, 4.69) is 21.6 Å². The topological polar surface area (TPSA) is 118 Å². The maximum absolute atomic E-state index is 12.6. The fraction of sp³-hybridized carbons (Fsp3) is 0.625. The molecule has 0 aromatic heterocycles. The average Bonchev–Trinajstić information content (AvgIpc) is 3.59. The summed E-state index contributed by atoms with van der Waals surface area (Å²) in [6.45, 7) is 3.22. The second-order valence-electron chi connectivity index (χ2n) is 9.64. The van der Waals surface area contributed by atoms with E-state index in [1.807, 2.05) is 11.9 Å². The largest absolute Gasteiger partial charge is 0.491 e. The summed E-state index contributed by atoms with van der Waals surface area (Å²) in [5.74, 6) is 2.05. The zero-order valence-corrected chi connectivity index (χ0v) is 19.1. The number of likely N-dealkylation sites (tertiary alicyclic amines) is 1. The van der Waals surface area contributed by atoms with Crippen molar-refractivity contribution in [1.82, 2.24) is 20.4 Å². The second-order valence-corrected chi connectivity index (χ2v) is 9.64. The maximum Gasteiger partial charge on any atom is 0.405 e. The lowest BCUT2D eigenvalue weighted by atomic mass is 9.91. The molecule has 3 amide bonds. The Morgan fingerprint density at radius 2 is 1.88 bits per heavy atom. The van der Waals surface area contributed by atoms with Crippen LogP contribution in [-0.4, -0.2) is 78.9 Å². The molecule has 1 heterocycles. The number of fused-ring (bicyclic) bond motifs is 2. The maximum atomic E-state index is 12.6. The molecule has 2 bridgehead atoms. The fourth-order valence-corrected chi connectivity index (χ4v) is 5.34. The van der Waals surface area contributed by atoms with E-state index in [0.29, 0.717) is 35.6 Å². The summed E-state index contributed by atoms with van der Waals surface area (Å²) in [7, 11) is 1.91. The number of urea groups is 1. The average molecular weight is 456 g/mol. The molecule has 2 saturated carbocycles. The predicted octanol–water partition coefficient (Wildman–Crippen LogP) is 2.34. The minimum atomic E-state index is -1.08. The zero-order valence-electron chi connectivity index (χ0n) is 19.1. The molecule has 1 aliphatic heterocycles. The summed E-state index contributed by atoms with van der Waals surface area (Å²) in [6.07, 6.45) is 3.53. The molecule has 2 aliphatic carbocycles. The van der Waals surface area contributed by atoms with Crippen LogP contribution >= 0.6 is 0 Å². The number of carboxylic acid groups (broad SMARTS) is 1. The fourth-order valence-electron chi connectivity index (χ4n) is 5.34. The Hall–Kier alpha value is -2.99. The van der Waals surface area contributed by atoms with Crippen LogP contribution in [0.15, 0.2) is 24.3 Å². The molecule has 4 rings (SSSR count). The molecular formula is C24H33N5O4. The summed E-state index contributed by atoms with van der Waals surface area (Å²) >= 11 is 0. The van der Waals surface area contributed by atoms with E-state index < -0.39 is 6.09 Å². The molecule has 3 aliphatic rings. The zero-order chi connectivity index (χ0) is 23.4. The molecule has 33 heavy (non-hydrogen) atoms. The van der Waals surface area contributed by atoms with Crippen molar-refractivity contribution in [2.75, 3.05) is 39.8 Å². The molecule has 3 fully saturated rings. The van der Waals surface area contributed by atoms with Crippen molar-refractivity contribution in [3.05, 3.63) is 29.8 Å². The molecular weight excluding hydrogens is 422 g/mol. The van der Waals surface area contributed by atoms with Crippen LogP contribution in [0.2, 0.25) is 0 Å². The Bertz CT molecular complexity index is 868. The van der Waals surface area contributed by atoms with Crippen LogP contribution in [0, 0.1) is 29.1 Å². The second kappa shape index (κ2) is 10.3. The van der Waals surface area contributed by atoms with Gasteiger partial charge in [0.15, 0.2) is 0 Å². The van der Waals surface area contributed by atoms with Gasteiger partial charge in [0.1, 0.15) is 12.4 Å². The number of carbonyl (C=O) groups is 2. The Kier molecular flexibility index (Phi) is 7.23. The van der Waals surface area contributed by atoms with Crippen molar-refractivity contribution in [2.45, 2.75) is 37.8 Å². The van der Waals surface area contributed by atoms with Gasteiger partial charge in [0.05, 0.1) is 17.7 Å². The molecule has 9 nitrogen and oxygen atoms in total. The first-order valence-corrected chi connectivity index (χ1v) is 11.8. The summed E-state index contributed by atoms with van der Waals surface area (Å²) in [5.41, 5.74) is 0.548. The van der Waals surface area contributed by atoms with Crippen LogP contribution in [0.25, 0.3) is 0 Å². The first-order chi connectivity index (χ1) is 15.9. The highest BCUT2D eigenvalue weighted by molar-refractivity contribution is 5.74. The number of ether oxygens (including phenoxy) is 1. The van der Waals surface area contributed by atoms with Gasteiger partial charge in [0, 0.05) is 39.3 Å². The number of carbonyl (C=O) groups excluding carboxylic acids is 1. The van der Waals surface area contributed by atoms with Crippen LogP contribution in [0.4, 0.5) is 9.59 Å². The van der Waals surface area contributed by atoms with Gasteiger partial charge in [-0.2, -0.15) is 5.26 Å². The third kappa shape index (κ3) is 6.08. The van der Waals surface area contributed by atoms with Gasteiger partial charge >= 0.3 is 12.1 Å². The van der Waals surface area contributed by atoms with Crippen LogP contribution in [0.1, 0.15) is 31.2 Å². The van der Waals surface area contributed by atoms with Crippen molar-refractivity contribution in [1.29, 1.82) is 5.26 Å². The number of amides is 3. The molecule has 0 spiro atoms. The lowest BCUT2D eigenvalue weighted by Gasteiger charge is -2.43. The summed E-state index contributed by atoms with van der Waals surface area (Å²) < 4.78 is 5.80. The van der Waals surface area contributed by atoms with Crippen molar-refractivity contribution in [2.24, 2.45) is 17.8 Å². The van der Waals surface area contributed by atoms with Crippen LogP contribution in [-0.2, 0) is 0 Å². The third-order valence-corrected chi connectivity index (χ3v) is 7.11. The van der Waals surface area contributed by atoms with Crippen molar-refractivity contribution in [3.8, 4) is 11.8 Å². The van der Waals surface area contributed by atoms with E-state index in [9.17, 15) is 14.7 Å². The lowest BCUT2D eigenvalue weighted by Crippen LogP contribution is -2.57. The van der Waals surface area contributed by atoms with Gasteiger partial charge in [-0.25, -0.2) is 9.59 Å². The van der Waals surface area contributed by atoms with Gasteiger partial charge in [-0.15, -0.1) is 0 Å². The molecule has 178 valence electrons. The third-order valence-electron chi connectivity index (χ3n) is 7.11. The van der Waals surface area contributed by atoms with Crippen molar-refractivity contribution < 1.29 is 19.4 Å². The number of nitriles is 1. The summed E-state index contributed by atoms with van der Waals surface area (Å²) in [4.78, 5) is 28.2. The first-order valence-electron chi connectivity index (χ1n) is 11.8. The Labute approximate surface area is 194 Å². The molecule has 1 aromatic rings. The quantitative estimate of drug-likeness (QED) is 0.526. The monoisotopic (exact) mass is 455 g/mol. The number of hydrogen-bond donors (Lipinski definition) is 3. The smallest absolute Gasteiger partial charge is 0.405 e. The number of hydrogen-bond acceptors (Lipinski definition) is 5. The molecule has 3 atom stereocenters. The lowest BCUT2D eigenvalue weighted by molar-refractivity contribution is 0.0663. The molecule has 0 radical (unpaired) electrons. The van der Waals surface area contributed by atoms with E-state index in [4.69, 9.17) is 10.00 Å². The molecule has 1 saturated heterocycles. The SMILES string of the molecule is CN(C(=O)NCC1CC1)C1C2CCC1CN(C[C@@H](COc1ccc(C#N)cc1)NC(=O)O)C2. The van der Waals surface area contributed by atoms with Gasteiger partial charge in [-0.1, -0.05) is 0 Å². The van der Waals surface area contributed by atoms with E-state index >= 15 is 0 Å². The Morgan fingerprint density at radius 1 is 1.21 bits per heavy atom. The molecule has 3 N–H and O–H groups in total. The highest BCUT2D eigenvalue weighted by Crippen LogP contribution is 2.39. The minimum absolute atomic E-state index is 0.0264. The number of piperidine rings is 1. The minimum Gasteiger partial charge on any atom is -0.491 e. The first kappa shape index (κ1) is 23.2. The molecule has 2 unspecified atom stereocenters. The predicted molar refractivity (Wildman–Crippen MR) is 122 cm³/mol. The number of rotatable bonds is 9. The van der Waals surface area contributed by atoms with Crippen molar-refractivity contribution >= 4 is 12.1 Å². The molecule has 9 heteroatoms.